The van der Waals surface area contributed by atoms with Crippen molar-refractivity contribution in [3.8, 4) is 0 Å². The van der Waals surface area contributed by atoms with Gasteiger partial charge in [0.2, 0.25) is 0 Å². The van der Waals surface area contributed by atoms with Gasteiger partial charge in [0.15, 0.2) is 0 Å². The molecule has 0 heterocycles. The zero-order valence-electron chi connectivity index (χ0n) is 11.7. The number of hydrogen-bond acceptors (Lipinski definition) is 1. The van der Waals surface area contributed by atoms with Gasteiger partial charge in [-0.2, -0.15) is 0 Å². The van der Waals surface area contributed by atoms with Crippen LogP contribution in [0.4, 0.5) is 0 Å². The molecule has 0 spiro atoms. The Balaban J connectivity index is 3.39. The fourth-order valence-electron chi connectivity index (χ4n) is 1.51. The van der Waals surface area contributed by atoms with Crippen molar-refractivity contribution in [1.82, 2.24) is 0 Å². The number of rotatable bonds is 11. The quantitative estimate of drug-likeness (QED) is 0.311. The van der Waals surface area contributed by atoms with Gasteiger partial charge in [0, 0.05) is 0 Å². The lowest BCUT2D eigenvalue weighted by atomic mass is 10.1. The van der Waals surface area contributed by atoms with Crippen LogP contribution in [0.2, 0.25) is 0 Å². The summed E-state index contributed by atoms with van der Waals surface area (Å²) >= 11 is 0. The smallest absolute Gasteiger partial charge is 0.0721 e. The van der Waals surface area contributed by atoms with E-state index in [1.807, 2.05) is 31.2 Å². The van der Waals surface area contributed by atoms with Crippen molar-refractivity contribution < 1.29 is 5.11 Å². The molecule has 1 nitrogen and oxygen atoms in total. The summed E-state index contributed by atoms with van der Waals surface area (Å²) in [6.07, 6.45) is 21.9. The van der Waals surface area contributed by atoms with Gasteiger partial charge in [-0.3, -0.25) is 0 Å². The highest BCUT2D eigenvalue weighted by atomic mass is 16.3. The van der Waals surface area contributed by atoms with E-state index in [2.05, 4.69) is 24.8 Å². The Bertz CT molecular complexity index is 261. The van der Waals surface area contributed by atoms with Crippen LogP contribution in [-0.4, -0.2) is 11.2 Å². The minimum Gasteiger partial charge on any atom is -0.389 e. The lowest BCUT2D eigenvalue weighted by molar-refractivity contribution is 0.219. The predicted molar refractivity (Wildman–Crippen MR) is 81.6 cm³/mol. The Hall–Kier alpha value is -1.08. The van der Waals surface area contributed by atoms with Gasteiger partial charge in [0.25, 0.3) is 0 Å². The first kappa shape index (κ1) is 16.9. The zero-order chi connectivity index (χ0) is 13.5. The van der Waals surface area contributed by atoms with E-state index >= 15 is 0 Å². The Morgan fingerprint density at radius 2 is 1.78 bits per heavy atom. The molecule has 0 aliphatic carbocycles. The van der Waals surface area contributed by atoms with E-state index in [0.29, 0.717) is 0 Å². The molecule has 0 fully saturated rings. The fraction of sp³-hybridized carbons (Fsp3) is 0.529. The number of unbranched alkanes of at least 4 members (excludes halogenated alkanes) is 4. The maximum absolute atomic E-state index is 9.28. The molecule has 0 radical (unpaired) electrons. The van der Waals surface area contributed by atoms with Crippen molar-refractivity contribution in [3.05, 3.63) is 49.1 Å². The summed E-state index contributed by atoms with van der Waals surface area (Å²) in [7, 11) is 0. The van der Waals surface area contributed by atoms with Crippen LogP contribution in [0.5, 0.6) is 0 Å². The molecule has 102 valence electrons. The second kappa shape index (κ2) is 14.0. The number of allylic oxidation sites excluding steroid dienone is 6. The molecule has 0 saturated carbocycles. The maximum Gasteiger partial charge on any atom is 0.0721 e. The molecule has 0 aromatic heterocycles. The van der Waals surface area contributed by atoms with Crippen LogP contribution < -0.4 is 0 Å². The highest BCUT2D eigenvalue weighted by molar-refractivity contribution is 5.06. The van der Waals surface area contributed by atoms with Crippen LogP contribution in [0.1, 0.15) is 51.9 Å². The standard InChI is InChI=1S/C17H28O/c1-3-5-6-7-8-9-10-11-12-13-14-15-16-17(18)4-2/h3,10-11,13-18H,1,4-9,12H2,2H3/b11-10-,14-13-,16-15+/t17-/m1/s1. The summed E-state index contributed by atoms with van der Waals surface area (Å²) < 4.78 is 0. The third kappa shape index (κ3) is 13.0. The summed E-state index contributed by atoms with van der Waals surface area (Å²) in [6, 6.07) is 0. The highest BCUT2D eigenvalue weighted by Gasteiger charge is 1.89. The van der Waals surface area contributed by atoms with E-state index in [1.165, 1.54) is 25.7 Å². The van der Waals surface area contributed by atoms with Gasteiger partial charge in [-0.05, 0) is 38.5 Å². The molecule has 0 aliphatic heterocycles. The van der Waals surface area contributed by atoms with Crippen molar-refractivity contribution in [3.63, 3.8) is 0 Å². The molecule has 0 unspecified atom stereocenters. The van der Waals surface area contributed by atoms with Crippen LogP contribution in [0.25, 0.3) is 0 Å². The Morgan fingerprint density at radius 1 is 1.00 bits per heavy atom. The first-order chi connectivity index (χ1) is 8.81. The van der Waals surface area contributed by atoms with Crippen LogP contribution in [0, 0.1) is 0 Å². The molecule has 0 aromatic carbocycles. The van der Waals surface area contributed by atoms with Gasteiger partial charge in [0.05, 0.1) is 6.10 Å². The van der Waals surface area contributed by atoms with Gasteiger partial charge in [-0.25, -0.2) is 0 Å². The molecular weight excluding hydrogens is 220 g/mol. The molecule has 0 aromatic rings. The van der Waals surface area contributed by atoms with Crippen molar-refractivity contribution >= 4 is 0 Å². The average Bonchev–Trinajstić information content (AvgIpc) is 2.39. The van der Waals surface area contributed by atoms with Gasteiger partial charge in [0.1, 0.15) is 0 Å². The van der Waals surface area contributed by atoms with E-state index in [9.17, 15) is 5.11 Å². The second-order valence-electron chi connectivity index (χ2n) is 4.42. The zero-order valence-corrected chi connectivity index (χ0v) is 11.7. The SMILES string of the molecule is C=CCCCCC/C=C\C/C=C\C=C\[C@H](O)CC. The van der Waals surface area contributed by atoms with Crippen molar-refractivity contribution in [2.75, 3.05) is 0 Å². The molecule has 0 aliphatic rings. The molecular formula is C17H28O. The molecule has 18 heavy (non-hydrogen) atoms. The molecule has 0 saturated heterocycles. The summed E-state index contributed by atoms with van der Waals surface area (Å²) in [5.41, 5.74) is 0. The van der Waals surface area contributed by atoms with Crippen LogP contribution in [0.3, 0.4) is 0 Å². The van der Waals surface area contributed by atoms with Gasteiger partial charge in [-0.1, -0.05) is 55.9 Å². The predicted octanol–water partition coefficient (Wildman–Crippen LogP) is 4.95. The average molecular weight is 248 g/mol. The molecule has 1 heteroatoms. The Kier molecular flexibility index (Phi) is 13.1. The summed E-state index contributed by atoms with van der Waals surface area (Å²) in [5.74, 6) is 0. The largest absolute Gasteiger partial charge is 0.389 e. The topological polar surface area (TPSA) is 20.2 Å². The van der Waals surface area contributed by atoms with E-state index in [-0.39, 0.29) is 6.10 Å². The van der Waals surface area contributed by atoms with E-state index in [0.717, 1.165) is 19.3 Å². The van der Waals surface area contributed by atoms with Gasteiger partial charge >= 0.3 is 0 Å². The molecule has 1 atom stereocenters. The summed E-state index contributed by atoms with van der Waals surface area (Å²) in [6.45, 7) is 5.69. The van der Waals surface area contributed by atoms with Crippen LogP contribution in [-0.2, 0) is 0 Å². The molecule has 0 rings (SSSR count). The van der Waals surface area contributed by atoms with Gasteiger partial charge < -0.3 is 5.11 Å². The maximum atomic E-state index is 9.28. The summed E-state index contributed by atoms with van der Waals surface area (Å²) in [5, 5.41) is 9.28. The van der Waals surface area contributed by atoms with Crippen LogP contribution >= 0.6 is 0 Å². The minimum absolute atomic E-state index is 0.305. The van der Waals surface area contributed by atoms with Crippen molar-refractivity contribution in [2.24, 2.45) is 0 Å². The van der Waals surface area contributed by atoms with E-state index < -0.39 is 0 Å². The van der Waals surface area contributed by atoms with Crippen molar-refractivity contribution in [2.45, 2.75) is 58.0 Å². The molecule has 0 amide bonds. The highest BCUT2D eigenvalue weighted by Crippen LogP contribution is 2.04. The third-order valence-electron chi connectivity index (χ3n) is 2.72. The monoisotopic (exact) mass is 248 g/mol. The lowest BCUT2D eigenvalue weighted by Crippen LogP contribution is -1.97. The van der Waals surface area contributed by atoms with Crippen molar-refractivity contribution in [1.29, 1.82) is 0 Å². The van der Waals surface area contributed by atoms with E-state index in [1.54, 1.807) is 0 Å². The number of aliphatic hydroxyl groups is 1. The summed E-state index contributed by atoms with van der Waals surface area (Å²) in [4.78, 5) is 0. The normalized spacial score (nSPS) is 13.9. The lowest BCUT2D eigenvalue weighted by Gasteiger charge is -1.96. The van der Waals surface area contributed by atoms with Crippen LogP contribution in [0.15, 0.2) is 49.1 Å². The first-order valence-corrected chi connectivity index (χ1v) is 7.08. The first-order valence-electron chi connectivity index (χ1n) is 7.08. The Labute approximate surface area is 113 Å². The molecule has 1 N–H and O–H groups in total. The third-order valence-corrected chi connectivity index (χ3v) is 2.72. The molecule has 0 bridgehead atoms. The van der Waals surface area contributed by atoms with Gasteiger partial charge in [-0.15, -0.1) is 6.58 Å². The number of hydrogen-bond donors (Lipinski definition) is 1. The second-order valence-corrected chi connectivity index (χ2v) is 4.42. The minimum atomic E-state index is -0.305. The number of aliphatic hydroxyl groups excluding tert-OH is 1. The van der Waals surface area contributed by atoms with E-state index in [4.69, 9.17) is 0 Å². The Morgan fingerprint density at radius 3 is 2.50 bits per heavy atom. The fourth-order valence-corrected chi connectivity index (χ4v) is 1.51.